The van der Waals surface area contributed by atoms with Crippen LogP contribution in [-0.4, -0.2) is 32.3 Å². The lowest BCUT2D eigenvalue weighted by atomic mass is 10.0. The van der Waals surface area contributed by atoms with Gasteiger partial charge in [-0.25, -0.2) is 9.78 Å². The normalized spacial score (nSPS) is 11.4. The summed E-state index contributed by atoms with van der Waals surface area (Å²) in [7, 11) is 4.70. The number of hydrogen-bond donors (Lipinski definition) is 1. The molecule has 0 bridgehead atoms. The van der Waals surface area contributed by atoms with E-state index < -0.39 is 12.1 Å². The second-order valence-corrected chi connectivity index (χ2v) is 9.32. The van der Waals surface area contributed by atoms with Gasteiger partial charge in [0.2, 0.25) is 0 Å². The molecule has 0 aliphatic rings. The highest BCUT2D eigenvalue weighted by Gasteiger charge is 2.24. The molecule has 8 nitrogen and oxygen atoms in total. The highest BCUT2D eigenvalue weighted by molar-refractivity contribution is 6.35. The average molecular weight is 569 g/mol. The summed E-state index contributed by atoms with van der Waals surface area (Å²) in [6, 6.07) is 14.4. The summed E-state index contributed by atoms with van der Waals surface area (Å²) < 4.78 is 22.0. The van der Waals surface area contributed by atoms with Crippen LogP contribution in [-0.2, 0) is 17.7 Å². The van der Waals surface area contributed by atoms with Crippen molar-refractivity contribution in [3.8, 4) is 17.2 Å². The molecule has 0 spiro atoms. The van der Waals surface area contributed by atoms with E-state index in [1.165, 1.54) is 0 Å². The Bertz CT molecular complexity index is 1410. The molecule has 0 unspecified atom stereocenters. The molecule has 0 aliphatic carbocycles. The number of nitrogens with zero attached hydrogens (tertiary/aromatic N) is 1. The second kappa shape index (κ2) is 13.2. The van der Waals surface area contributed by atoms with Crippen LogP contribution in [0.5, 0.6) is 17.2 Å². The molecule has 0 amide bonds. The van der Waals surface area contributed by atoms with E-state index in [4.69, 9.17) is 42.1 Å². The van der Waals surface area contributed by atoms with E-state index in [1.54, 1.807) is 70.4 Å². The van der Waals surface area contributed by atoms with E-state index in [1.807, 2.05) is 24.3 Å². The fourth-order valence-electron chi connectivity index (χ4n) is 3.92. The first kappa shape index (κ1) is 28.0. The number of hydrogen-bond acceptors (Lipinski definition) is 7. The molecule has 1 atom stereocenters. The molecular formula is C29H28Cl2N3O5+. The Balaban J connectivity index is 1.52. The number of pyridine rings is 2. The number of aromatic nitrogens is 2. The van der Waals surface area contributed by atoms with Crippen LogP contribution in [0.1, 0.15) is 33.2 Å². The van der Waals surface area contributed by atoms with Crippen molar-refractivity contribution in [1.82, 2.24) is 4.98 Å². The summed E-state index contributed by atoms with van der Waals surface area (Å²) in [5, 5.41) is 4.16. The van der Waals surface area contributed by atoms with Crippen LogP contribution < -0.4 is 24.5 Å². The molecule has 0 aliphatic heterocycles. The van der Waals surface area contributed by atoms with E-state index in [2.05, 4.69) is 15.3 Å². The molecule has 0 fully saturated rings. The van der Waals surface area contributed by atoms with Crippen molar-refractivity contribution in [2.24, 2.45) is 0 Å². The molecule has 4 rings (SSSR count). The van der Waals surface area contributed by atoms with Gasteiger partial charge in [0, 0.05) is 24.6 Å². The van der Waals surface area contributed by atoms with Gasteiger partial charge in [-0.2, -0.15) is 0 Å². The van der Waals surface area contributed by atoms with Gasteiger partial charge in [0.05, 0.1) is 45.0 Å². The third kappa shape index (κ3) is 7.10. The molecule has 0 radical (unpaired) electrons. The van der Waals surface area contributed by atoms with Crippen molar-refractivity contribution in [1.29, 1.82) is 0 Å². The fourth-order valence-corrected chi connectivity index (χ4v) is 4.46. The fraction of sp³-hybridized carbons (Fsp3) is 0.207. The number of halogens is 2. The SMILES string of the molecule is COc1cncc(NCc2ccc(C(=O)O[C@@H](Cc3c(Cl)c[nH+]cc3Cl)c3ccc(OC)c(OC)c3)cc2)c1. The maximum atomic E-state index is 13.2. The highest BCUT2D eigenvalue weighted by Crippen LogP contribution is 2.35. The third-order valence-corrected chi connectivity index (χ3v) is 6.72. The number of rotatable bonds is 11. The molecule has 2 aromatic heterocycles. The topological polar surface area (TPSA) is 93.1 Å². The lowest BCUT2D eigenvalue weighted by Crippen LogP contribution is -2.16. The van der Waals surface area contributed by atoms with Crippen LogP contribution in [0.4, 0.5) is 5.69 Å². The summed E-state index contributed by atoms with van der Waals surface area (Å²) in [5.74, 6) is 1.25. The molecule has 2 N–H and O–H groups in total. The molecule has 10 heteroatoms. The minimum absolute atomic E-state index is 0.254. The zero-order chi connectivity index (χ0) is 27.8. The predicted octanol–water partition coefficient (Wildman–Crippen LogP) is 5.98. The monoisotopic (exact) mass is 568 g/mol. The average Bonchev–Trinajstić information content (AvgIpc) is 2.97. The number of nitrogens with one attached hydrogen (secondary N) is 2. The van der Waals surface area contributed by atoms with Gasteiger partial charge in [0.1, 0.15) is 21.9 Å². The molecular weight excluding hydrogens is 541 g/mol. The number of carbonyl (C=O) groups is 1. The number of ether oxygens (including phenoxy) is 4. The van der Waals surface area contributed by atoms with Gasteiger partial charge in [-0.3, -0.25) is 4.98 Å². The number of carbonyl (C=O) groups excluding carboxylic acids is 1. The Morgan fingerprint density at radius 2 is 1.64 bits per heavy atom. The minimum Gasteiger partial charge on any atom is -0.495 e. The first-order chi connectivity index (χ1) is 18.9. The van der Waals surface area contributed by atoms with E-state index in [9.17, 15) is 4.79 Å². The van der Waals surface area contributed by atoms with Crippen LogP contribution in [0.25, 0.3) is 0 Å². The summed E-state index contributed by atoms with van der Waals surface area (Å²) in [6.07, 6.45) is 6.17. The van der Waals surface area contributed by atoms with Crippen molar-refractivity contribution >= 4 is 34.9 Å². The van der Waals surface area contributed by atoms with Gasteiger partial charge in [-0.05, 0) is 35.4 Å². The van der Waals surface area contributed by atoms with Crippen molar-refractivity contribution in [3.63, 3.8) is 0 Å². The van der Waals surface area contributed by atoms with Gasteiger partial charge in [0.15, 0.2) is 23.9 Å². The smallest absolute Gasteiger partial charge is 0.338 e. The van der Waals surface area contributed by atoms with Crippen molar-refractivity contribution in [2.75, 3.05) is 26.6 Å². The summed E-state index contributed by atoms with van der Waals surface area (Å²) in [4.78, 5) is 20.3. The molecule has 2 aromatic carbocycles. The number of methoxy groups -OCH3 is 3. The Labute approximate surface area is 236 Å². The minimum atomic E-state index is -0.698. The summed E-state index contributed by atoms with van der Waals surface area (Å²) in [6.45, 7) is 0.542. The van der Waals surface area contributed by atoms with Crippen molar-refractivity contribution in [2.45, 2.75) is 19.1 Å². The predicted molar refractivity (Wildman–Crippen MR) is 149 cm³/mol. The van der Waals surface area contributed by atoms with E-state index in [0.29, 0.717) is 50.5 Å². The van der Waals surface area contributed by atoms with Crippen LogP contribution in [0.2, 0.25) is 10.0 Å². The van der Waals surface area contributed by atoms with E-state index in [-0.39, 0.29) is 6.42 Å². The van der Waals surface area contributed by atoms with Crippen LogP contribution >= 0.6 is 23.2 Å². The van der Waals surface area contributed by atoms with Crippen molar-refractivity contribution < 1.29 is 28.7 Å². The first-order valence-electron chi connectivity index (χ1n) is 12.0. The van der Waals surface area contributed by atoms with Crippen LogP contribution in [0, 0.1) is 0 Å². The van der Waals surface area contributed by atoms with Crippen LogP contribution in [0.15, 0.2) is 73.3 Å². The lowest BCUT2D eigenvalue weighted by molar-refractivity contribution is -0.377. The van der Waals surface area contributed by atoms with Crippen LogP contribution in [0.3, 0.4) is 0 Å². The zero-order valence-electron chi connectivity index (χ0n) is 21.7. The molecule has 0 saturated carbocycles. The Morgan fingerprint density at radius 3 is 2.31 bits per heavy atom. The maximum Gasteiger partial charge on any atom is 0.338 e. The molecule has 202 valence electrons. The Kier molecular flexibility index (Phi) is 9.46. The highest BCUT2D eigenvalue weighted by atomic mass is 35.5. The van der Waals surface area contributed by atoms with Gasteiger partial charge < -0.3 is 24.3 Å². The summed E-state index contributed by atoms with van der Waals surface area (Å²) >= 11 is 12.8. The molecule has 39 heavy (non-hydrogen) atoms. The first-order valence-corrected chi connectivity index (χ1v) is 12.8. The number of benzene rings is 2. The van der Waals surface area contributed by atoms with Gasteiger partial charge in [-0.1, -0.05) is 41.4 Å². The van der Waals surface area contributed by atoms with E-state index in [0.717, 1.165) is 11.3 Å². The van der Waals surface area contributed by atoms with Crippen molar-refractivity contribution in [3.05, 3.63) is 106 Å². The standard InChI is InChI=1S/C29H27Cl2N3O5/c1-36-22-11-21(14-32-15-22)34-13-18-4-6-19(7-5-18)29(35)39-27(12-23-24(30)16-33-17-25(23)31)20-8-9-26(37-2)28(10-20)38-3/h4-11,14-17,27,34H,12-13H2,1-3H3/p+1/t27-/m0/s1. The van der Waals surface area contributed by atoms with Gasteiger partial charge in [0.25, 0.3) is 0 Å². The number of aromatic amines is 1. The largest absolute Gasteiger partial charge is 0.495 e. The number of H-pyrrole nitrogens is 1. The lowest BCUT2D eigenvalue weighted by Gasteiger charge is -2.20. The van der Waals surface area contributed by atoms with Gasteiger partial charge >= 0.3 is 5.97 Å². The number of anilines is 1. The quantitative estimate of drug-likeness (QED) is 0.222. The number of esters is 1. The second-order valence-electron chi connectivity index (χ2n) is 8.51. The van der Waals surface area contributed by atoms with E-state index >= 15 is 0 Å². The molecule has 0 saturated heterocycles. The Morgan fingerprint density at radius 1 is 0.923 bits per heavy atom. The van der Waals surface area contributed by atoms with Gasteiger partial charge in [-0.15, -0.1) is 0 Å². The molecule has 4 aromatic rings. The third-order valence-electron chi connectivity index (χ3n) is 6.05. The zero-order valence-corrected chi connectivity index (χ0v) is 23.2. The molecule has 2 heterocycles. The maximum absolute atomic E-state index is 13.2. The Hall–Kier alpha value is -4.01. The summed E-state index contributed by atoms with van der Waals surface area (Å²) in [5.41, 5.74) is 3.56.